The predicted molar refractivity (Wildman–Crippen MR) is 85.9 cm³/mol. The molecule has 0 saturated carbocycles. The number of hydrogen-bond donors (Lipinski definition) is 1. The number of benzene rings is 1. The average molecular weight is 262 g/mol. The van der Waals surface area contributed by atoms with Crippen LogP contribution in [0, 0.1) is 0 Å². The lowest BCUT2D eigenvalue weighted by atomic mass is 10.1. The Labute approximate surface area is 119 Å². The molecule has 1 aromatic carbocycles. The third-order valence-electron chi connectivity index (χ3n) is 3.78. The Bertz CT molecular complexity index is 343. The van der Waals surface area contributed by atoms with E-state index in [9.17, 15) is 0 Å². The third-order valence-corrected chi connectivity index (χ3v) is 3.78. The zero-order valence-corrected chi connectivity index (χ0v) is 13.2. The van der Waals surface area contributed by atoms with Crippen LogP contribution >= 0.6 is 0 Å². The van der Waals surface area contributed by atoms with E-state index in [0.717, 1.165) is 6.54 Å². The van der Waals surface area contributed by atoms with E-state index < -0.39 is 0 Å². The van der Waals surface area contributed by atoms with Crippen molar-refractivity contribution in [1.29, 1.82) is 0 Å². The minimum Gasteiger partial charge on any atom is -0.369 e. The molecule has 1 N–H and O–H groups in total. The molecular formula is C17H30N2. The molecule has 0 saturated heterocycles. The SMILES string of the molecule is CCCCCN(c1ccc(C(C)NC)cc1)C(C)C. The maximum atomic E-state index is 3.28. The second-order valence-electron chi connectivity index (χ2n) is 5.60. The molecule has 0 spiro atoms. The zero-order chi connectivity index (χ0) is 14.3. The van der Waals surface area contributed by atoms with Gasteiger partial charge in [-0.1, -0.05) is 31.9 Å². The van der Waals surface area contributed by atoms with Crippen LogP contribution in [0.5, 0.6) is 0 Å². The highest BCUT2D eigenvalue weighted by molar-refractivity contribution is 5.48. The number of nitrogens with zero attached hydrogens (tertiary/aromatic N) is 1. The molecule has 0 aliphatic heterocycles. The highest BCUT2D eigenvalue weighted by atomic mass is 15.1. The number of anilines is 1. The van der Waals surface area contributed by atoms with Gasteiger partial charge in [-0.25, -0.2) is 0 Å². The van der Waals surface area contributed by atoms with Gasteiger partial charge in [0.1, 0.15) is 0 Å². The number of hydrogen-bond acceptors (Lipinski definition) is 2. The molecule has 0 amide bonds. The van der Waals surface area contributed by atoms with Gasteiger partial charge >= 0.3 is 0 Å². The van der Waals surface area contributed by atoms with E-state index in [1.165, 1.54) is 30.5 Å². The Morgan fingerprint density at radius 2 is 1.68 bits per heavy atom. The van der Waals surface area contributed by atoms with Gasteiger partial charge in [-0.05, 0) is 51.9 Å². The predicted octanol–water partition coefficient (Wildman–Crippen LogP) is 4.37. The van der Waals surface area contributed by atoms with Gasteiger partial charge < -0.3 is 10.2 Å². The van der Waals surface area contributed by atoms with E-state index in [4.69, 9.17) is 0 Å². The Hall–Kier alpha value is -1.02. The molecule has 1 aromatic rings. The summed E-state index contributed by atoms with van der Waals surface area (Å²) >= 11 is 0. The Kier molecular flexibility index (Phi) is 6.93. The van der Waals surface area contributed by atoms with Crippen LogP contribution in [0.2, 0.25) is 0 Å². The first-order valence-corrected chi connectivity index (χ1v) is 7.64. The maximum absolute atomic E-state index is 3.28. The minimum absolute atomic E-state index is 0.418. The maximum Gasteiger partial charge on any atom is 0.0368 e. The normalized spacial score (nSPS) is 12.7. The van der Waals surface area contributed by atoms with Crippen LogP contribution in [0.4, 0.5) is 5.69 Å². The molecular weight excluding hydrogens is 232 g/mol. The van der Waals surface area contributed by atoms with Crippen molar-refractivity contribution < 1.29 is 0 Å². The summed E-state index contributed by atoms with van der Waals surface area (Å²) in [6.07, 6.45) is 3.88. The summed E-state index contributed by atoms with van der Waals surface area (Å²) in [5, 5.41) is 3.28. The first-order valence-electron chi connectivity index (χ1n) is 7.64. The summed E-state index contributed by atoms with van der Waals surface area (Å²) in [5.41, 5.74) is 2.70. The Morgan fingerprint density at radius 3 is 2.16 bits per heavy atom. The molecule has 1 unspecified atom stereocenters. The summed E-state index contributed by atoms with van der Waals surface area (Å²) in [6.45, 7) is 10.2. The fraction of sp³-hybridized carbons (Fsp3) is 0.647. The van der Waals surface area contributed by atoms with Crippen LogP contribution in [0.15, 0.2) is 24.3 Å². The Balaban J connectivity index is 2.74. The zero-order valence-electron chi connectivity index (χ0n) is 13.2. The van der Waals surface area contributed by atoms with E-state index in [-0.39, 0.29) is 0 Å². The van der Waals surface area contributed by atoms with Crippen molar-refractivity contribution in [2.24, 2.45) is 0 Å². The van der Waals surface area contributed by atoms with Gasteiger partial charge in [0.2, 0.25) is 0 Å². The van der Waals surface area contributed by atoms with Crippen LogP contribution in [-0.2, 0) is 0 Å². The summed E-state index contributed by atoms with van der Waals surface area (Å²) in [5.74, 6) is 0. The number of unbranched alkanes of at least 4 members (excludes halogenated alkanes) is 2. The number of nitrogens with one attached hydrogen (secondary N) is 1. The second-order valence-corrected chi connectivity index (χ2v) is 5.60. The molecule has 1 rings (SSSR count). The van der Waals surface area contributed by atoms with Crippen molar-refractivity contribution in [3.8, 4) is 0 Å². The van der Waals surface area contributed by atoms with Crippen LogP contribution in [0.25, 0.3) is 0 Å². The van der Waals surface area contributed by atoms with Crippen molar-refractivity contribution in [3.05, 3.63) is 29.8 Å². The largest absolute Gasteiger partial charge is 0.369 e. The molecule has 0 aliphatic rings. The van der Waals surface area contributed by atoms with Gasteiger partial charge in [0, 0.05) is 24.3 Å². The number of rotatable bonds is 8. The lowest BCUT2D eigenvalue weighted by Crippen LogP contribution is -2.31. The van der Waals surface area contributed by atoms with Crippen LogP contribution in [0.1, 0.15) is 58.6 Å². The van der Waals surface area contributed by atoms with Crippen molar-refractivity contribution in [1.82, 2.24) is 5.32 Å². The summed E-state index contributed by atoms with van der Waals surface area (Å²) in [6, 6.07) is 9.98. The van der Waals surface area contributed by atoms with Crippen molar-refractivity contribution in [2.45, 2.75) is 59.0 Å². The highest BCUT2D eigenvalue weighted by Crippen LogP contribution is 2.21. The molecule has 108 valence electrons. The first-order chi connectivity index (χ1) is 9.10. The van der Waals surface area contributed by atoms with E-state index >= 15 is 0 Å². The minimum atomic E-state index is 0.418. The first kappa shape index (κ1) is 16.0. The van der Waals surface area contributed by atoms with E-state index in [0.29, 0.717) is 12.1 Å². The molecule has 2 nitrogen and oxygen atoms in total. The van der Waals surface area contributed by atoms with E-state index in [1.54, 1.807) is 0 Å². The molecule has 0 heterocycles. The third kappa shape index (κ3) is 4.87. The van der Waals surface area contributed by atoms with Gasteiger partial charge in [0.15, 0.2) is 0 Å². The van der Waals surface area contributed by atoms with Gasteiger partial charge in [0.05, 0.1) is 0 Å². The molecule has 19 heavy (non-hydrogen) atoms. The fourth-order valence-corrected chi connectivity index (χ4v) is 2.34. The van der Waals surface area contributed by atoms with Gasteiger partial charge in [-0.3, -0.25) is 0 Å². The van der Waals surface area contributed by atoms with Gasteiger partial charge in [0.25, 0.3) is 0 Å². The Morgan fingerprint density at radius 1 is 1.05 bits per heavy atom. The highest BCUT2D eigenvalue weighted by Gasteiger charge is 2.10. The van der Waals surface area contributed by atoms with Gasteiger partial charge in [-0.15, -0.1) is 0 Å². The average Bonchev–Trinajstić information content (AvgIpc) is 2.42. The molecule has 0 bridgehead atoms. The molecule has 0 fully saturated rings. The monoisotopic (exact) mass is 262 g/mol. The summed E-state index contributed by atoms with van der Waals surface area (Å²) in [7, 11) is 2.00. The van der Waals surface area contributed by atoms with Crippen LogP contribution in [0.3, 0.4) is 0 Å². The quantitative estimate of drug-likeness (QED) is 0.700. The smallest absolute Gasteiger partial charge is 0.0368 e. The van der Waals surface area contributed by atoms with Crippen LogP contribution < -0.4 is 10.2 Å². The summed E-state index contributed by atoms with van der Waals surface area (Å²) < 4.78 is 0. The van der Waals surface area contributed by atoms with Gasteiger partial charge in [-0.2, -0.15) is 0 Å². The van der Waals surface area contributed by atoms with Crippen molar-refractivity contribution in [3.63, 3.8) is 0 Å². The van der Waals surface area contributed by atoms with Crippen LogP contribution in [-0.4, -0.2) is 19.6 Å². The topological polar surface area (TPSA) is 15.3 Å². The van der Waals surface area contributed by atoms with Crippen molar-refractivity contribution >= 4 is 5.69 Å². The van der Waals surface area contributed by atoms with E-state index in [2.05, 4.69) is 62.2 Å². The fourth-order valence-electron chi connectivity index (χ4n) is 2.34. The standard InChI is InChI=1S/C17H30N2/c1-6-7-8-13-19(14(2)3)17-11-9-16(10-12-17)15(4)18-5/h9-12,14-15,18H,6-8,13H2,1-5H3. The lowest BCUT2D eigenvalue weighted by molar-refractivity contribution is 0.624. The molecule has 0 aromatic heterocycles. The molecule has 1 atom stereocenters. The van der Waals surface area contributed by atoms with E-state index in [1.807, 2.05) is 7.05 Å². The van der Waals surface area contributed by atoms with Crippen molar-refractivity contribution in [2.75, 3.05) is 18.5 Å². The molecule has 2 heteroatoms. The molecule has 0 aliphatic carbocycles. The second kappa shape index (κ2) is 8.21. The lowest BCUT2D eigenvalue weighted by Gasteiger charge is -2.29. The summed E-state index contributed by atoms with van der Waals surface area (Å²) in [4.78, 5) is 2.50. The molecule has 0 radical (unpaired) electrons.